The third-order valence-electron chi connectivity index (χ3n) is 6.94. The van der Waals surface area contributed by atoms with Gasteiger partial charge in [-0.3, -0.25) is 4.79 Å². The summed E-state index contributed by atoms with van der Waals surface area (Å²) in [5.74, 6) is -1.88. The van der Waals surface area contributed by atoms with Crippen LogP contribution in [0.4, 0.5) is 4.79 Å². The van der Waals surface area contributed by atoms with Gasteiger partial charge in [-0.15, -0.1) is 0 Å². The van der Waals surface area contributed by atoms with Crippen molar-refractivity contribution in [2.24, 2.45) is 5.92 Å². The predicted molar refractivity (Wildman–Crippen MR) is 125 cm³/mol. The number of aliphatic carboxylic acids is 1. The number of ether oxygens (including phenoxy) is 1. The maximum Gasteiger partial charge on any atom is 0.407 e. The number of aliphatic hydroxyl groups excluding tert-OH is 1. The predicted octanol–water partition coefficient (Wildman–Crippen LogP) is 3.04. The van der Waals surface area contributed by atoms with Crippen molar-refractivity contribution in [1.29, 1.82) is 0 Å². The number of carbonyl (C=O) groups is 3. The smallest absolute Gasteiger partial charge is 0.407 e. The van der Waals surface area contributed by atoms with Crippen LogP contribution in [0.5, 0.6) is 0 Å². The van der Waals surface area contributed by atoms with Crippen LogP contribution in [0.2, 0.25) is 0 Å². The fourth-order valence-electron chi connectivity index (χ4n) is 4.72. The maximum atomic E-state index is 12.8. The van der Waals surface area contributed by atoms with Gasteiger partial charge in [-0.1, -0.05) is 48.5 Å². The van der Waals surface area contributed by atoms with Gasteiger partial charge >= 0.3 is 12.1 Å². The molecule has 2 aliphatic rings. The Morgan fingerprint density at radius 1 is 0.971 bits per heavy atom. The molecule has 2 amide bonds. The second-order valence-electron chi connectivity index (χ2n) is 9.66. The number of fused-ring (bicyclic) bond motifs is 3. The Hall–Kier alpha value is -3.39. The average molecular weight is 467 g/mol. The number of carboxylic acid groups (broad SMARTS) is 1. The molecule has 1 fully saturated rings. The fourth-order valence-corrected chi connectivity index (χ4v) is 4.72. The number of amides is 2. The van der Waals surface area contributed by atoms with Crippen LogP contribution in [0.25, 0.3) is 11.1 Å². The largest absolute Gasteiger partial charge is 0.479 e. The first-order valence-electron chi connectivity index (χ1n) is 11.5. The van der Waals surface area contributed by atoms with Gasteiger partial charge in [0.1, 0.15) is 6.61 Å². The Bertz CT molecular complexity index is 1070. The molecule has 8 heteroatoms. The number of carbonyl (C=O) groups excluding carboxylic acids is 2. The lowest BCUT2D eigenvalue weighted by molar-refractivity contribution is -0.149. The highest BCUT2D eigenvalue weighted by molar-refractivity contribution is 5.87. The molecular formula is C26H30N2O6. The third-order valence-corrected chi connectivity index (χ3v) is 6.94. The van der Waals surface area contributed by atoms with Crippen LogP contribution in [-0.2, 0) is 14.3 Å². The summed E-state index contributed by atoms with van der Waals surface area (Å²) >= 11 is 0. The molecule has 0 radical (unpaired) electrons. The van der Waals surface area contributed by atoms with Crippen LogP contribution < -0.4 is 10.6 Å². The summed E-state index contributed by atoms with van der Waals surface area (Å²) in [6, 6.07) is 16.1. The molecule has 0 aromatic heterocycles. The zero-order chi connectivity index (χ0) is 24.5. The van der Waals surface area contributed by atoms with Crippen LogP contribution in [0, 0.1) is 5.92 Å². The molecular weight excluding hydrogens is 436 g/mol. The first-order valence-corrected chi connectivity index (χ1v) is 11.5. The number of benzene rings is 2. The molecule has 4 rings (SSSR count). The van der Waals surface area contributed by atoms with E-state index in [0.29, 0.717) is 0 Å². The van der Waals surface area contributed by atoms with Gasteiger partial charge in [0.05, 0.1) is 12.1 Å². The number of nitrogens with one attached hydrogen (secondary N) is 2. The molecule has 2 aromatic carbocycles. The number of carboxylic acids is 1. The molecule has 0 saturated heterocycles. The van der Waals surface area contributed by atoms with Gasteiger partial charge in [0.15, 0.2) is 5.54 Å². The Kier molecular flexibility index (Phi) is 6.36. The minimum atomic E-state index is -1.79. The summed E-state index contributed by atoms with van der Waals surface area (Å²) in [5.41, 5.74) is 1.82. The van der Waals surface area contributed by atoms with Crippen molar-refractivity contribution in [3.05, 3.63) is 59.7 Å². The van der Waals surface area contributed by atoms with Gasteiger partial charge in [0, 0.05) is 12.3 Å². The number of hydrogen-bond donors (Lipinski definition) is 4. The van der Waals surface area contributed by atoms with Crippen LogP contribution >= 0.6 is 0 Å². The highest BCUT2D eigenvalue weighted by Gasteiger charge is 2.46. The molecule has 0 aliphatic heterocycles. The van der Waals surface area contributed by atoms with Gasteiger partial charge in [-0.2, -0.15) is 0 Å². The molecule has 2 aromatic rings. The second kappa shape index (κ2) is 9.10. The normalized spacial score (nSPS) is 18.1. The summed E-state index contributed by atoms with van der Waals surface area (Å²) in [5, 5.41) is 23.9. The van der Waals surface area contributed by atoms with Crippen molar-refractivity contribution >= 4 is 18.0 Å². The number of rotatable bonds is 9. The van der Waals surface area contributed by atoms with Crippen molar-refractivity contribution in [2.45, 2.75) is 50.1 Å². The van der Waals surface area contributed by atoms with E-state index in [2.05, 4.69) is 22.8 Å². The van der Waals surface area contributed by atoms with Crippen molar-refractivity contribution < 1.29 is 29.3 Å². The van der Waals surface area contributed by atoms with E-state index in [-0.39, 0.29) is 24.9 Å². The lowest BCUT2D eigenvalue weighted by atomic mass is 9.90. The summed E-state index contributed by atoms with van der Waals surface area (Å²) in [4.78, 5) is 36.8. The van der Waals surface area contributed by atoms with E-state index in [1.807, 2.05) is 36.4 Å². The van der Waals surface area contributed by atoms with Gasteiger partial charge in [0.2, 0.25) is 5.91 Å². The molecule has 2 unspecified atom stereocenters. The molecule has 2 aliphatic carbocycles. The Balaban J connectivity index is 1.41. The van der Waals surface area contributed by atoms with E-state index in [4.69, 9.17) is 4.74 Å². The number of hydrogen-bond acceptors (Lipinski definition) is 5. The van der Waals surface area contributed by atoms with E-state index in [9.17, 15) is 24.6 Å². The van der Waals surface area contributed by atoms with E-state index in [1.165, 1.54) is 6.92 Å². The summed E-state index contributed by atoms with van der Waals surface area (Å²) < 4.78 is 5.64. The van der Waals surface area contributed by atoms with E-state index >= 15 is 0 Å². The molecule has 1 saturated carbocycles. The minimum Gasteiger partial charge on any atom is -0.479 e. The van der Waals surface area contributed by atoms with E-state index < -0.39 is 35.7 Å². The first kappa shape index (κ1) is 23.8. The van der Waals surface area contributed by atoms with Gasteiger partial charge in [-0.25, -0.2) is 9.59 Å². The lowest BCUT2D eigenvalue weighted by Gasteiger charge is -2.32. The van der Waals surface area contributed by atoms with E-state index in [1.54, 1.807) is 6.92 Å². The van der Waals surface area contributed by atoms with Crippen molar-refractivity contribution in [1.82, 2.24) is 10.6 Å². The fraction of sp³-hybridized carbons (Fsp3) is 0.423. The number of aliphatic hydroxyl groups is 1. The molecule has 8 nitrogen and oxygen atoms in total. The monoisotopic (exact) mass is 466 g/mol. The highest BCUT2D eigenvalue weighted by Crippen LogP contribution is 2.45. The Labute approximate surface area is 198 Å². The van der Waals surface area contributed by atoms with E-state index in [0.717, 1.165) is 35.1 Å². The second-order valence-corrected chi connectivity index (χ2v) is 9.66. The van der Waals surface area contributed by atoms with Gasteiger partial charge in [0.25, 0.3) is 0 Å². The SMILES string of the molecule is CC(CO)(NC(=O)CC(C)(NC(=O)OCC1c2ccccc2-c2ccccc21)C1CC1)C(=O)O. The molecule has 4 N–H and O–H groups in total. The van der Waals surface area contributed by atoms with Crippen LogP contribution in [0.15, 0.2) is 48.5 Å². The van der Waals surface area contributed by atoms with Gasteiger partial charge < -0.3 is 25.6 Å². The summed E-state index contributed by atoms with van der Waals surface area (Å²) in [7, 11) is 0. The quantitative estimate of drug-likeness (QED) is 0.450. The summed E-state index contributed by atoms with van der Waals surface area (Å²) in [6.07, 6.45) is 0.963. The van der Waals surface area contributed by atoms with Crippen molar-refractivity contribution in [2.75, 3.05) is 13.2 Å². The highest BCUT2D eigenvalue weighted by atomic mass is 16.5. The van der Waals surface area contributed by atoms with Crippen LogP contribution in [-0.4, -0.2) is 52.5 Å². The van der Waals surface area contributed by atoms with Crippen LogP contribution in [0.1, 0.15) is 50.2 Å². The minimum absolute atomic E-state index is 0.0746. The zero-order valence-corrected chi connectivity index (χ0v) is 19.3. The van der Waals surface area contributed by atoms with Crippen molar-refractivity contribution in [3.63, 3.8) is 0 Å². The molecule has 180 valence electrons. The molecule has 0 spiro atoms. The molecule has 0 heterocycles. The standard InChI is InChI=1S/C26H30N2O6/c1-25(16-11-12-16,13-22(30)27-26(2,15-29)23(31)32)28-24(33)34-14-21-19-9-5-3-7-17(19)18-8-4-6-10-20(18)21/h3-10,16,21,29H,11-15H2,1-2H3,(H,27,30)(H,28,33)(H,31,32). The average Bonchev–Trinajstić information content (AvgIpc) is 3.61. The van der Waals surface area contributed by atoms with Gasteiger partial charge in [-0.05, 0) is 54.9 Å². The maximum absolute atomic E-state index is 12.8. The lowest BCUT2D eigenvalue weighted by Crippen LogP contribution is -2.58. The molecule has 34 heavy (non-hydrogen) atoms. The Morgan fingerprint density at radius 2 is 1.53 bits per heavy atom. The molecule has 0 bridgehead atoms. The number of alkyl carbamates (subject to hydrolysis) is 1. The first-order chi connectivity index (χ1) is 16.2. The molecule has 2 atom stereocenters. The Morgan fingerprint density at radius 3 is 2.03 bits per heavy atom. The third kappa shape index (κ3) is 4.63. The summed E-state index contributed by atoms with van der Waals surface area (Å²) in [6.45, 7) is 2.42. The van der Waals surface area contributed by atoms with Crippen molar-refractivity contribution in [3.8, 4) is 11.1 Å². The zero-order valence-electron chi connectivity index (χ0n) is 19.3. The van der Waals surface area contributed by atoms with Crippen LogP contribution in [0.3, 0.4) is 0 Å². The topological polar surface area (TPSA) is 125 Å².